The molecule has 2 aliphatic rings. The van der Waals surface area contributed by atoms with E-state index in [2.05, 4.69) is 40.1 Å². The number of benzene rings is 1. The van der Waals surface area contributed by atoms with Crippen molar-refractivity contribution < 1.29 is 9.53 Å². The van der Waals surface area contributed by atoms with Gasteiger partial charge >= 0.3 is 5.97 Å². The van der Waals surface area contributed by atoms with Gasteiger partial charge in [-0.25, -0.2) is 9.97 Å². The van der Waals surface area contributed by atoms with Gasteiger partial charge < -0.3 is 9.64 Å². The average molecular weight is 395 g/mol. The van der Waals surface area contributed by atoms with Gasteiger partial charge in [0, 0.05) is 38.3 Å². The zero-order valence-corrected chi connectivity index (χ0v) is 17.4. The van der Waals surface area contributed by atoms with E-state index in [9.17, 15) is 4.79 Å². The van der Waals surface area contributed by atoms with Gasteiger partial charge in [-0.05, 0) is 38.7 Å². The van der Waals surface area contributed by atoms with Gasteiger partial charge in [0.1, 0.15) is 11.6 Å². The molecule has 6 nitrogen and oxygen atoms in total. The first-order valence-electron chi connectivity index (χ1n) is 10.7. The van der Waals surface area contributed by atoms with E-state index in [0.717, 1.165) is 62.8 Å². The number of nitrogens with zero attached hydrogens (tertiary/aromatic N) is 4. The molecule has 1 saturated heterocycles. The van der Waals surface area contributed by atoms with Crippen LogP contribution >= 0.6 is 0 Å². The monoisotopic (exact) mass is 394 g/mol. The van der Waals surface area contributed by atoms with Gasteiger partial charge in [-0.1, -0.05) is 30.3 Å². The third kappa shape index (κ3) is 4.58. The fourth-order valence-corrected chi connectivity index (χ4v) is 4.45. The summed E-state index contributed by atoms with van der Waals surface area (Å²) in [5, 5.41) is 0. The number of rotatable bonds is 5. The van der Waals surface area contributed by atoms with Crippen LogP contribution in [0.15, 0.2) is 30.3 Å². The standard InChI is InChI=1S/C23H30N4O2/c1-3-29-23(28)19-10-7-12-27(15-19)22-20-11-13-26(14-18-8-5-4-6-9-18)16-21(20)24-17(2)25-22/h4-6,8-9,19H,3,7,10-16H2,1-2H3/t19-/m0/s1. The van der Waals surface area contributed by atoms with Crippen molar-refractivity contribution in [3.05, 3.63) is 53.0 Å². The molecule has 2 aromatic rings. The Labute approximate surface area is 172 Å². The molecule has 0 aliphatic carbocycles. The second-order valence-electron chi connectivity index (χ2n) is 8.00. The van der Waals surface area contributed by atoms with Crippen LogP contribution in [0.25, 0.3) is 0 Å². The van der Waals surface area contributed by atoms with Crippen molar-refractivity contribution in [2.24, 2.45) is 5.92 Å². The van der Waals surface area contributed by atoms with E-state index < -0.39 is 0 Å². The van der Waals surface area contributed by atoms with Crippen molar-refractivity contribution in [2.75, 3.05) is 31.1 Å². The highest BCUT2D eigenvalue weighted by molar-refractivity contribution is 5.73. The second-order valence-corrected chi connectivity index (χ2v) is 8.00. The van der Waals surface area contributed by atoms with Crippen LogP contribution in [-0.2, 0) is 29.0 Å². The highest BCUT2D eigenvalue weighted by Crippen LogP contribution is 2.30. The normalized spacial score (nSPS) is 19.7. The Morgan fingerprint density at radius 2 is 2.03 bits per heavy atom. The summed E-state index contributed by atoms with van der Waals surface area (Å²) in [5.41, 5.74) is 3.72. The van der Waals surface area contributed by atoms with Crippen LogP contribution in [-0.4, -0.2) is 47.1 Å². The topological polar surface area (TPSA) is 58.6 Å². The molecule has 3 heterocycles. The number of esters is 1. The summed E-state index contributed by atoms with van der Waals surface area (Å²) in [6.45, 7) is 8.67. The molecule has 29 heavy (non-hydrogen) atoms. The number of aryl methyl sites for hydroxylation is 1. The quantitative estimate of drug-likeness (QED) is 0.727. The maximum atomic E-state index is 12.3. The predicted octanol–water partition coefficient (Wildman–Crippen LogP) is 3.12. The fraction of sp³-hybridized carbons (Fsp3) is 0.522. The number of ether oxygens (including phenoxy) is 1. The van der Waals surface area contributed by atoms with E-state index in [-0.39, 0.29) is 11.9 Å². The van der Waals surface area contributed by atoms with Crippen molar-refractivity contribution in [2.45, 2.75) is 46.2 Å². The van der Waals surface area contributed by atoms with Crippen molar-refractivity contribution in [1.29, 1.82) is 0 Å². The lowest BCUT2D eigenvalue weighted by molar-refractivity contribution is -0.148. The third-order valence-electron chi connectivity index (χ3n) is 5.82. The van der Waals surface area contributed by atoms with Crippen LogP contribution < -0.4 is 4.90 Å². The molecule has 0 bridgehead atoms. The number of piperidine rings is 1. The molecule has 0 spiro atoms. The van der Waals surface area contributed by atoms with E-state index >= 15 is 0 Å². The van der Waals surface area contributed by atoms with Gasteiger partial charge in [-0.2, -0.15) is 0 Å². The minimum atomic E-state index is -0.0779. The first-order valence-corrected chi connectivity index (χ1v) is 10.7. The molecule has 1 aromatic carbocycles. The summed E-state index contributed by atoms with van der Waals surface area (Å²) in [5.74, 6) is 1.69. The van der Waals surface area contributed by atoms with E-state index in [1.807, 2.05) is 13.8 Å². The fourth-order valence-electron chi connectivity index (χ4n) is 4.45. The first kappa shape index (κ1) is 19.8. The Morgan fingerprint density at radius 3 is 2.83 bits per heavy atom. The molecule has 1 aromatic heterocycles. The number of aromatic nitrogens is 2. The first-order chi connectivity index (χ1) is 14.1. The predicted molar refractivity (Wildman–Crippen MR) is 113 cm³/mol. The molecule has 6 heteroatoms. The van der Waals surface area contributed by atoms with E-state index in [4.69, 9.17) is 14.7 Å². The average Bonchev–Trinajstić information content (AvgIpc) is 2.74. The number of carbonyl (C=O) groups is 1. The maximum Gasteiger partial charge on any atom is 0.310 e. The van der Waals surface area contributed by atoms with Crippen LogP contribution in [0.3, 0.4) is 0 Å². The van der Waals surface area contributed by atoms with Crippen LogP contribution in [0, 0.1) is 12.8 Å². The number of hydrogen-bond donors (Lipinski definition) is 0. The van der Waals surface area contributed by atoms with E-state index in [1.165, 1.54) is 11.1 Å². The van der Waals surface area contributed by atoms with Crippen LogP contribution in [0.1, 0.15) is 42.4 Å². The zero-order valence-electron chi connectivity index (χ0n) is 17.4. The number of anilines is 1. The Balaban J connectivity index is 1.52. The Hall–Kier alpha value is -2.47. The molecular weight excluding hydrogens is 364 g/mol. The minimum Gasteiger partial charge on any atom is -0.466 e. The lowest BCUT2D eigenvalue weighted by Gasteiger charge is -2.36. The highest BCUT2D eigenvalue weighted by atomic mass is 16.5. The van der Waals surface area contributed by atoms with Crippen LogP contribution in [0.2, 0.25) is 0 Å². The second kappa shape index (κ2) is 8.91. The summed E-state index contributed by atoms with van der Waals surface area (Å²) in [6.07, 6.45) is 2.83. The molecule has 0 unspecified atom stereocenters. The molecule has 0 radical (unpaired) electrons. The van der Waals surface area contributed by atoms with Crippen LogP contribution in [0.5, 0.6) is 0 Å². The summed E-state index contributed by atoms with van der Waals surface area (Å²) in [4.78, 5) is 26.6. The zero-order chi connectivity index (χ0) is 20.2. The number of fused-ring (bicyclic) bond motifs is 1. The Kier molecular flexibility index (Phi) is 6.09. The van der Waals surface area contributed by atoms with Crippen molar-refractivity contribution in [3.63, 3.8) is 0 Å². The lowest BCUT2D eigenvalue weighted by Crippen LogP contribution is -2.41. The van der Waals surface area contributed by atoms with E-state index in [1.54, 1.807) is 0 Å². The molecule has 1 fully saturated rings. The van der Waals surface area contributed by atoms with Crippen LogP contribution in [0.4, 0.5) is 5.82 Å². The highest BCUT2D eigenvalue weighted by Gasteiger charge is 2.31. The van der Waals surface area contributed by atoms with Gasteiger partial charge in [-0.15, -0.1) is 0 Å². The maximum absolute atomic E-state index is 12.3. The number of hydrogen-bond acceptors (Lipinski definition) is 6. The molecule has 0 amide bonds. The largest absolute Gasteiger partial charge is 0.466 e. The van der Waals surface area contributed by atoms with Crippen molar-refractivity contribution >= 4 is 11.8 Å². The molecular formula is C23H30N4O2. The summed E-state index contributed by atoms with van der Waals surface area (Å²) >= 11 is 0. The summed E-state index contributed by atoms with van der Waals surface area (Å²) in [7, 11) is 0. The minimum absolute atomic E-state index is 0.0622. The molecule has 1 atom stereocenters. The summed E-state index contributed by atoms with van der Waals surface area (Å²) < 4.78 is 5.27. The molecule has 0 N–H and O–H groups in total. The van der Waals surface area contributed by atoms with E-state index in [0.29, 0.717) is 13.2 Å². The Morgan fingerprint density at radius 1 is 1.21 bits per heavy atom. The molecule has 154 valence electrons. The van der Waals surface area contributed by atoms with Gasteiger partial charge in [0.25, 0.3) is 0 Å². The molecule has 0 saturated carbocycles. The molecule has 4 rings (SSSR count). The van der Waals surface area contributed by atoms with Gasteiger partial charge in [0.05, 0.1) is 18.2 Å². The third-order valence-corrected chi connectivity index (χ3v) is 5.82. The lowest BCUT2D eigenvalue weighted by atomic mass is 9.96. The molecule has 2 aliphatic heterocycles. The van der Waals surface area contributed by atoms with Crippen molar-refractivity contribution in [3.8, 4) is 0 Å². The van der Waals surface area contributed by atoms with Gasteiger partial charge in [0.15, 0.2) is 0 Å². The van der Waals surface area contributed by atoms with Crippen molar-refractivity contribution in [1.82, 2.24) is 14.9 Å². The van der Waals surface area contributed by atoms with Gasteiger partial charge in [-0.3, -0.25) is 9.69 Å². The van der Waals surface area contributed by atoms with Gasteiger partial charge in [0.2, 0.25) is 0 Å². The SMILES string of the molecule is CCOC(=O)[C@H]1CCCN(c2nc(C)nc3c2CCN(Cc2ccccc2)C3)C1. The smallest absolute Gasteiger partial charge is 0.310 e. The summed E-state index contributed by atoms with van der Waals surface area (Å²) in [6, 6.07) is 10.6. The number of carbonyl (C=O) groups excluding carboxylic acids is 1. The Bertz CT molecular complexity index is 855.